The molecule has 0 unspecified atom stereocenters. The molecule has 0 aromatic heterocycles. The molecular weight excluding hydrogens is 418 g/mol. The minimum absolute atomic E-state index is 0.0689. The number of amides is 3. The van der Waals surface area contributed by atoms with Crippen LogP contribution in [0, 0.1) is 23.7 Å². The van der Waals surface area contributed by atoms with Crippen molar-refractivity contribution in [3.05, 3.63) is 48.0 Å². The molecule has 1 aromatic rings. The van der Waals surface area contributed by atoms with Crippen molar-refractivity contribution in [2.24, 2.45) is 23.7 Å². The predicted molar refractivity (Wildman–Crippen MR) is 127 cm³/mol. The molecule has 1 aliphatic heterocycles. The highest BCUT2D eigenvalue weighted by atomic mass is 16.3. The summed E-state index contributed by atoms with van der Waals surface area (Å²) in [5.74, 6) is -2.24. The molecule has 1 fully saturated rings. The molecule has 3 rings (SSSR count). The van der Waals surface area contributed by atoms with Crippen LogP contribution in [-0.4, -0.2) is 60.0 Å². The van der Waals surface area contributed by atoms with Gasteiger partial charge in [0.25, 0.3) is 0 Å². The highest BCUT2D eigenvalue weighted by Crippen LogP contribution is 2.45. The van der Waals surface area contributed by atoms with Crippen molar-refractivity contribution in [1.29, 1.82) is 0 Å². The number of benzene rings is 1. The number of rotatable bonds is 10. The van der Waals surface area contributed by atoms with Crippen molar-refractivity contribution in [3.63, 3.8) is 0 Å². The standard InChI is InChI=1S/C26H37N3O4/c1-4-6-14-28-25(32)23-20-13-12-18(5-2)21(24(31)27-3)22(20)26(33)29(23)19(16-30)15-17-10-8-7-9-11-17/h7-13,18-23,30H,4-6,14-16H2,1-3H3,(H,27,31)(H,28,32)/t18-,19-,20+,21-,22+,23+/m1/s1. The van der Waals surface area contributed by atoms with Crippen LogP contribution in [0.1, 0.15) is 38.7 Å². The van der Waals surface area contributed by atoms with Crippen LogP contribution in [0.25, 0.3) is 0 Å². The van der Waals surface area contributed by atoms with Crippen LogP contribution >= 0.6 is 0 Å². The van der Waals surface area contributed by atoms with Crippen LogP contribution in [0.15, 0.2) is 42.5 Å². The molecule has 1 aromatic carbocycles. The highest BCUT2D eigenvalue weighted by molar-refractivity contribution is 5.97. The van der Waals surface area contributed by atoms with E-state index < -0.39 is 29.8 Å². The first-order valence-electron chi connectivity index (χ1n) is 12.1. The van der Waals surface area contributed by atoms with Crippen LogP contribution in [0.3, 0.4) is 0 Å². The molecule has 1 saturated heterocycles. The quantitative estimate of drug-likeness (QED) is 0.371. The van der Waals surface area contributed by atoms with E-state index in [-0.39, 0.29) is 30.2 Å². The highest BCUT2D eigenvalue weighted by Gasteiger charge is 2.58. The summed E-state index contributed by atoms with van der Waals surface area (Å²) in [7, 11) is 1.58. The molecular formula is C26H37N3O4. The van der Waals surface area contributed by atoms with Crippen LogP contribution < -0.4 is 10.6 Å². The van der Waals surface area contributed by atoms with E-state index in [4.69, 9.17) is 0 Å². The van der Waals surface area contributed by atoms with E-state index >= 15 is 0 Å². The zero-order valence-corrected chi connectivity index (χ0v) is 19.9. The summed E-state index contributed by atoms with van der Waals surface area (Å²) in [6.45, 7) is 4.33. The molecule has 6 atom stereocenters. The Labute approximate surface area is 196 Å². The number of unbranched alkanes of at least 4 members (excludes halogenated alkanes) is 1. The van der Waals surface area contributed by atoms with Crippen molar-refractivity contribution in [2.75, 3.05) is 20.2 Å². The maximum atomic E-state index is 13.9. The summed E-state index contributed by atoms with van der Waals surface area (Å²) < 4.78 is 0. The lowest BCUT2D eigenvalue weighted by atomic mass is 9.69. The number of hydrogen-bond acceptors (Lipinski definition) is 4. The maximum absolute atomic E-state index is 13.9. The number of nitrogens with zero attached hydrogens (tertiary/aromatic N) is 1. The van der Waals surface area contributed by atoms with Crippen LogP contribution in [0.5, 0.6) is 0 Å². The van der Waals surface area contributed by atoms with Crippen LogP contribution in [-0.2, 0) is 20.8 Å². The molecule has 0 spiro atoms. The van der Waals surface area contributed by atoms with Gasteiger partial charge in [-0.15, -0.1) is 0 Å². The van der Waals surface area contributed by atoms with Gasteiger partial charge in [0.2, 0.25) is 17.7 Å². The fourth-order valence-electron chi connectivity index (χ4n) is 5.38. The third-order valence-electron chi connectivity index (χ3n) is 7.08. The van der Waals surface area contributed by atoms with Gasteiger partial charge in [-0.3, -0.25) is 14.4 Å². The topological polar surface area (TPSA) is 98.7 Å². The summed E-state index contributed by atoms with van der Waals surface area (Å²) >= 11 is 0. The van der Waals surface area contributed by atoms with E-state index in [9.17, 15) is 19.5 Å². The van der Waals surface area contributed by atoms with Crippen LogP contribution in [0.4, 0.5) is 0 Å². The molecule has 7 nitrogen and oxygen atoms in total. The number of fused-ring (bicyclic) bond motifs is 1. The molecule has 3 amide bonds. The van der Waals surface area contributed by atoms with Gasteiger partial charge >= 0.3 is 0 Å². The molecule has 0 bridgehead atoms. The van der Waals surface area contributed by atoms with Crippen molar-refractivity contribution in [1.82, 2.24) is 15.5 Å². The predicted octanol–water partition coefficient (Wildman–Crippen LogP) is 1.91. The van der Waals surface area contributed by atoms with Crippen LogP contribution in [0.2, 0.25) is 0 Å². The molecule has 3 N–H and O–H groups in total. The lowest BCUT2D eigenvalue weighted by molar-refractivity contribution is -0.143. The molecule has 7 heteroatoms. The lowest BCUT2D eigenvalue weighted by Crippen LogP contribution is -2.53. The zero-order valence-electron chi connectivity index (χ0n) is 19.9. The number of allylic oxidation sites excluding steroid dienone is 1. The van der Waals surface area contributed by atoms with E-state index in [2.05, 4.69) is 17.6 Å². The number of hydrogen-bond donors (Lipinski definition) is 3. The molecule has 0 radical (unpaired) electrons. The van der Waals surface area contributed by atoms with E-state index in [0.29, 0.717) is 13.0 Å². The number of nitrogens with one attached hydrogen (secondary N) is 2. The summed E-state index contributed by atoms with van der Waals surface area (Å²) in [5.41, 5.74) is 0.981. The molecule has 2 aliphatic rings. The zero-order chi connectivity index (χ0) is 24.0. The molecule has 33 heavy (non-hydrogen) atoms. The van der Waals surface area contributed by atoms with Gasteiger partial charge in [0.05, 0.1) is 24.5 Å². The average molecular weight is 456 g/mol. The average Bonchev–Trinajstić information content (AvgIpc) is 3.14. The first-order valence-corrected chi connectivity index (χ1v) is 12.1. The van der Waals surface area contributed by atoms with Gasteiger partial charge < -0.3 is 20.6 Å². The Morgan fingerprint density at radius 2 is 1.85 bits per heavy atom. The number of carbonyl (C=O) groups excluding carboxylic acids is 3. The van der Waals surface area contributed by atoms with E-state index in [1.54, 1.807) is 11.9 Å². The Hall–Kier alpha value is -2.67. The lowest BCUT2D eigenvalue weighted by Gasteiger charge is -2.34. The number of aliphatic hydroxyl groups excluding tert-OH is 1. The van der Waals surface area contributed by atoms with E-state index in [0.717, 1.165) is 24.8 Å². The monoisotopic (exact) mass is 455 g/mol. The second-order valence-corrected chi connectivity index (χ2v) is 9.06. The van der Waals surface area contributed by atoms with Gasteiger partial charge in [-0.1, -0.05) is 62.8 Å². The Morgan fingerprint density at radius 1 is 1.12 bits per heavy atom. The van der Waals surface area contributed by atoms with E-state index in [1.807, 2.05) is 49.4 Å². The van der Waals surface area contributed by atoms with Crippen molar-refractivity contribution >= 4 is 17.7 Å². The summed E-state index contributed by atoms with van der Waals surface area (Å²) in [5, 5.41) is 16.0. The Morgan fingerprint density at radius 3 is 2.45 bits per heavy atom. The first kappa shape index (κ1) is 25.0. The molecule has 180 valence electrons. The Balaban J connectivity index is 2.00. The molecule has 1 heterocycles. The first-order chi connectivity index (χ1) is 16.0. The fourth-order valence-corrected chi connectivity index (χ4v) is 5.38. The van der Waals surface area contributed by atoms with Gasteiger partial charge in [0.1, 0.15) is 6.04 Å². The number of likely N-dealkylation sites (tertiary alicyclic amines) is 1. The number of aliphatic hydroxyl groups is 1. The minimum Gasteiger partial charge on any atom is -0.394 e. The minimum atomic E-state index is -0.749. The largest absolute Gasteiger partial charge is 0.394 e. The molecule has 0 saturated carbocycles. The summed E-state index contributed by atoms with van der Waals surface area (Å²) in [6.07, 6.45) is 6.91. The normalized spacial score (nSPS) is 27.2. The van der Waals surface area contributed by atoms with Crippen molar-refractivity contribution in [2.45, 2.75) is 51.6 Å². The van der Waals surface area contributed by atoms with Gasteiger partial charge in [0, 0.05) is 19.5 Å². The maximum Gasteiger partial charge on any atom is 0.243 e. The Kier molecular flexibility index (Phi) is 8.67. The Bertz CT molecular complexity index is 856. The third kappa shape index (κ3) is 5.13. The van der Waals surface area contributed by atoms with Gasteiger partial charge in [0.15, 0.2) is 0 Å². The van der Waals surface area contributed by atoms with E-state index in [1.165, 1.54) is 0 Å². The second-order valence-electron chi connectivity index (χ2n) is 9.06. The summed E-state index contributed by atoms with van der Waals surface area (Å²) in [4.78, 5) is 41.7. The SMILES string of the molecule is CCCCNC(=O)[C@@H]1[C@H]2C=C[C@@H](CC)[C@@H](C(=O)NC)[C@H]2C(=O)N1[C@@H](CO)Cc1ccccc1. The molecule has 1 aliphatic carbocycles. The van der Waals surface area contributed by atoms with Gasteiger partial charge in [-0.2, -0.15) is 0 Å². The summed E-state index contributed by atoms with van der Waals surface area (Å²) in [6, 6.07) is 8.36. The van der Waals surface area contributed by atoms with Gasteiger partial charge in [-0.05, 0) is 30.7 Å². The third-order valence-corrected chi connectivity index (χ3v) is 7.08. The van der Waals surface area contributed by atoms with Crippen molar-refractivity contribution < 1.29 is 19.5 Å². The van der Waals surface area contributed by atoms with Crippen molar-refractivity contribution in [3.8, 4) is 0 Å². The number of carbonyl (C=O) groups is 3. The second kappa shape index (κ2) is 11.5. The smallest absolute Gasteiger partial charge is 0.243 e. The van der Waals surface area contributed by atoms with Gasteiger partial charge in [-0.25, -0.2) is 0 Å². The fraction of sp³-hybridized carbons (Fsp3) is 0.577.